The molecule has 2 heterocycles. The lowest BCUT2D eigenvalue weighted by atomic mass is 9.83. The van der Waals surface area contributed by atoms with Crippen molar-refractivity contribution in [2.75, 3.05) is 6.54 Å². The third kappa shape index (κ3) is 9.88. The maximum absolute atomic E-state index is 14.6. The van der Waals surface area contributed by atoms with E-state index in [2.05, 4.69) is 31.2 Å². The predicted molar refractivity (Wildman–Crippen MR) is 190 cm³/mol. The van der Waals surface area contributed by atoms with E-state index < -0.39 is 59.5 Å². The molecule has 4 N–H and O–H groups in total. The van der Waals surface area contributed by atoms with Crippen LogP contribution in [0.5, 0.6) is 0 Å². The van der Waals surface area contributed by atoms with Gasteiger partial charge in [-0.05, 0) is 82.1 Å². The van der Waals surface area contributed by atoms with Gasteiger partial charge < -0.3 is 26.2 Å². The van der Waals surface area contributed by atoms with Gasteiger partial charge in [-0.25, -0.2) is 4.98 Å². The van der Waals surface area contributed by atoms with Crippen molar-refractivity contribution < 1.29 is 33.6 Å². The maximum Gasteiger partial charge on any atom is 0.289 e. The highest BCUT2D eigenvalue weighted by atomic mass is 16.2. The minimum atomic E-state index is -1.16. The molecule has 4 fully saturated rings. The van der Waals surface area contributed by atoms with Gasteiger partial charge in [-0.2, -0.15) is 0 Å². The molecular weight excluding hydrogens is 666 g/mol. The molecule has 3 aliphatic carbocycles. The third-order valence-corrected chi connectivity index (χ3v) is 10.9. The van der Waals surface area contributed by atoms with Crippen LogP contribution in [0.1, 0.15) is 114 Å². The van der Waals surface area contributed by atoms with Crippen molar-refractivity contribution in [3.8, 4) is 0 Å². The molecule has 52 heavy (non-hydrogen) atoms. The molecule has 1 aromatic rings. The van der Waals surface area contributed by atoms with Crippen molar-refractivity contribution in [3.63, 3.8) is 0 Å². The Balaban J connectivity index is 1.37. The predicted octanol–water partition coefficient (Wildman–Crippen LogP) is 2.33. The molecule has 1 saturated heterocycles. The smallest absolute Gasteiger partial charge is 0.289 e. The normalized spacial score (nSPS) is 23.3. The summed E-state index contributed by atoms with van der Waals surface area (Å²) >= 11 is 0. The van der Waals surface area contributed by atoms with Crippen molar-refractivity contribution in [1.82, 2.24) is 36.1 Å². The molecule has 14 nitrogen and oxygen atoms in total. The second kappa shape index (κ2) is 18.3. The summed E-state index contributed by atoms with van der Waals surface area (Å²) in [5, 5.41) is 11.3. The average molecular weight is 720 g/mol. The highest BCUT2D eigenvalue weighted by Gasteiger charge is 2.51. The number of allylic oxidation sites excluding steroid dienone is 2. The number of carbonyl (C=O) groups is 7. The van der Waals surface area contributed by atoms with Crippen LogP contribution < -0.4 is 21.3 Å². The lowest BCUT2D eigenvalue weighted by molar-refractivity contribution is -0.144. The Morgan fingerprint density at radius 1 is 0.885 bits per heavy atom. The number of carbonyl (C=O) groups excluding carboxylic acids is 7. The summed E-state index contributed by atoms with van der Waals surface area (Å²) in [6.07, 6.45) is 16.3. The summed E-state index contributed by atoms with van der Waals surface area (Å²) < 4.78 is 0. The van der Waals surface area contributed by atoms with Crippen LogP contribution in [0.15, 0.2) is 30.7 Å². The number of ketones is 2. The van der Waals surface area contributed by atoms with E-state index in [-0.39, 0.29) is 54.5 Å². The summed E-state index contributed by atoms with van der Waals surface area (Å²) in [6, 6.07) is -4.07. The zero-order chi connectivity index (χ0) is 37.2. The largest absolute Gasteiger partial charge is 0.347 e. The van der Waals surface area contributed by atoms with Crippen LogP contribution in [0.25, 0.3) is 0 Å². The van der Waals surface area contributed by atoms with Gasteiger partial charge in [0.15, 0.2) is 5.78 Å². The fourth-order valence-electron chi connectivity index (χ4n) is 8.10. The lowest BCUT2D eigenvalue weighted by Crippen LogP contribution is -2.59. The summed E-state index contributed by atoms with van der Waals surface area (Å²) in [6.45, 7) is 3.87. The molecule has 0 aromatic carbocycles. The molecule has 14 heteroatoms. The van der Waals surface area contributed by atoms with Gasteiger partial charge in [-0.1, -0.05) is 45.1 Å². The summed E-state index contributed by atoms with van der Waals surface area (Å²) in [5.41, 5.74) is 0.0584. The second-order valence-corrected chi connectivity index (χ2v) is 14.8. The van der Waals surface area contributed by atoms with Crippen LogP contribution in [0.3, 0.4) is 0 Å². The number of nitrogens with one attached hydrogen (secondary N) is 4. The van der Waals surface area contributed by atoms with E-state index in [0.717, 1.165) is 51.4 Å². The molecule has 4 aliphatic rings. The molecule has 282 valence electrons. The zero-order valence-corrected chi connectivity index (χ0v) is 30.3. The molecule has 1 aliphatic heterocycles. The first-order chi connectivity index (χ1) is 25.1. The van der Waals surface area contributed by atoms with Crippen molar-refractivity contribution >= 4 is 41.1 Å². The molecular formula is C38H53N7O7. The number of Topliss-reactive ketones (excluding diaryl/α,β-unsaturated/α-hetero) is 1. The van der Waals surface area contributed by atoms with E-state index in [1.165, 1.54) is 29.6 Å². The Labute approximate surface area is 305 Å². The molecule has 0 bridgehead atoms. The van der Waals surface area contributed by atoms with Gasteiger partial charge in [-0.3, -0.25) is 38.5 Å². The van der Waals surface area contributed by atoms with Crippen molar-refractivity contribution in [2.45, 2.75) is 134 Å². The molecule has 5 amide bonds. The van der Waals surface area contributed by atoms with Gasteiger partial charge in [0.2, 0.25) is 23.5 Å². The first-order valence-corrected chi connectivity index (χ1v) is 19.1. The number of rotatable bonds is 17. The molecule has 6 atom stereocenters. The van der Waals surface area contributed by atoms with Crippen molar-refractivity contribution in [2.24, 2.45) is 17.8 Å². The van der Waals surface area contributed by atoms with Crippen LogP contribution in [-0.2, 0) is 28.8 Å². The summed E-state index contributed by atoms with van der Waals surface area (Å²) in [4.78, 5) is 104. The van der Waals surface area contributed by atoms with E-state index in [1.54, 1.807) is 13.0 Å². The Kier molecular flexibility index (Phi) is 13.6. The first kappa shape index (κ1) is 38.7. The SMILES string of the molecule is C/C=C/C(=O)CC[C@H](NC(=O)[C@@H](NC(=O)c1cnccn1)C1CCCCC1)C(=O)N1C[C@@H]2CCC[C@@H]2C1C(=O)N[C@@H](CCC)C(=O)C(=O)NC1CC1. The average Bonchev–Trinajstić information content (AvgIpc) is 3.72. The standard InChI is InChI=1S/C38H53N7O7/c1-3-9-26(46)17-18-29(43-35(49)31(23-11-6-5-7-12-23)44-34(48)30-21-39-19-20-40-30)38(52)45-22-24-13-8-14-27(24)32(45)36(50)42-28(10-4-2)33(47)37(51)41-25-15-16-25/h3,9,19-21,23-25,27-29,31-32H,4-8,10-18,22H2,1-2H3,(H,41,51)(H,42,50)(H,43,49)(H,44,48)/b9-3+/t24-,27-,28-,29-,31-,32?/m0/s1. The van der Waals surface area contributed by atoms with Crippen LogP contribution in [0.2, 0.25) is 0 Å². The molecule has 0 radical (unpaired) electrons. The molecule has 1 unspecified atom stereocenters. The van der Waals surface area contributed by atoms with Gasteiger partial charge in [-0.15, -0.1) is 0 Å². The fourth-order valence-corrected chi connectivity index (χ4v) is 8.10. The van der Waals surface area contributed by atoms with E-state index in [9.17, 15) is 33.6 Å². The Hall–Kier alpha value is -4.49. The fraction of sp³-hybridized carbons (Fsp3) is 0.658. The summed E-state index contributed by atoms with van der Waals surface area (Å²) in [5.74, 6) is -4.00. The van der Waals surface area contributed by atoms with Crippen LogP contribution in [0.4, 0.5) is 0 Å². The Morgan fingerprint density at radius 2 is 1.65 bits per heavy atom. The molecule has 5 rings (SSSR count). The Bertz CT molecular complexity index is 1510. The first-order valence-electron chi connectivity index (χ1n) is 19.1. The Morgan fingerprint density at radius 3 is 2.33 bits per heavy atom. The highest BCUT2D eigenvalue weighted by molar-refractivity contribution is 6.38. The van der Waals surface area contributed by atoms with Gasteiger partial charge >= 0.3 is 0 Å². The zero-order valence-electron chi connectivity index (χ0n) is 30.3. The van der Waals surface area contributed by atoms with Crippen LogP contribution in [0, 0.1) is 17.8 Å². The maximum atomic E-state index is 14.6. The number of aromatic nitrogens is 2. The quantitative estimate of drug-likeness (QED) is 0.138. The van der Waals surface area contributed by atoms with E-state index in [0.29, 0.717) is 25.8 Å². The summed E-state index contributed by atoms with van der Waals surface area (Å²) in [7, 11) is 0. The number of hydrogen-bond donors (Lipinski definition) is 4. The topological polar surface area (TPSA) is 197 Å². The van der Waals surface area contributed by atoms with Crippen LogP contribution >= 0.6 is 0 Å². The molecule has 0 spiro atoms. The minimum Gasteiger partial charge on any atom is -0.347 e. The number of nitrogens with zero attached hydrogens (tertiary/aromatic N) is 3. The second-order valence-electron chi connectivity index (χ2n) is 14.8. The molecule has 1 aromatic heterocycles. The van der Waals surface area contributed by atoms with Gasteiger partial charge in [0, 0.05) is 31.4 Å². The minimum absolute atomic E-state index is 0.0122. The number of fused-ring (bicyclic) bond motifs is 1. The van der Waals surface area contributed by atoms with Crippen molar-refractivity contribution in [3.05, 3.63) is 36.4 Å². The van der Waals surface area contributed by atoms with Gasteiger partial charge in [0.05, 0.1) is 12.2 Å². The van der Waals surface area contributed by atoms with E-state index in [4.69, 9.17) is 0 Å². The van der Waals surface area contributed by atoms with Gasteiger partial charge in [0.25, 0.3) is 11.8 Å². The van der Waals surface area contributed by atoms with Crippen LogP contribution in [-0.4, -0.2) is 92.7 Å². The van der Waals surface area contributed by atoms with Gasteiger partial charge in [0.1, 0.15) is 23.8 Å². The van der Waals surface area contributed by atoms with Crippen molar-refractivity contribution in [1.29, 1.82) is 0 Å². The number of amides is 5. The van der Waals surface area contributed by atoms with E-state index in [1.807, 2.05) is 6.92 Å². The third-order valence-electron chi connectivity index (χ3n) is 10.9. The highest BCUT2D eigenvalue weighted by Crippen LogP contribution is 2.42. The number of likely N-dealkylation sites (tertiary alicyclic amines) is 1. The monoisotopic (exact) mass is 719 g/mol. The van der Waals surface area contributed by atoms with E-state index >= 15 is 0 Å². The number of hydrogen-bond acceptors (Lipinski definition) is 9. The molecule has 3 saturated carbocycles. The lowest BCUT2D eigenvalue weighted by Gasteiger charge is -2.34.